The highest BCUT2D eigenvalue weighted by Gasteiger charge is 2.10. The Morgan fingerprint density at radius 2 is 1.91 bits per heavy atom. The summed E-state index contributed by atoms with van der Waals surface area (Å²) in [6.45, 7) is -1.09. The summed E-state index contributed by atoms with van der Waals surface area (Å²) in [5.74, 6) is -0.349. The van der Waals surface area contributed by atoms with Gasteiger partial charge in [0.05, 0.1) is 0 Å². The van der Waals surface area contributed by atoms with Crippen LogP contribution in [0.2, 0.25) is 0 Å². The van der Waals surface area contributed by atoms with Gasteiger partial charge in [0.2, 0.25) is 0 Å². The minimum Gasteiger partial charge on any atom is -0.435 e. The molecule has 0 bridgehead atoms. The molecule has 0 unspecified atom stereocenters. The third kappa shape index (κ3) is 5.00. The molecule has 0 heterocycles. The Morgan fingerprint density at radius 3 is 2.61 bits per heavy atom. The van der Waals surface area contributed by atoms with Gasteiger partial charge in [0.25, 0.3) is 5.91 Å². The van der Waals surface area contributed by atoms with E-state index in [1.807, 2.05) is 19.1 Å². The van der Waals surface area contributed by atoms with E-state index < -0.39 is 6.61 Å². The molecule has 0 saturated heterocycles. The molecule has 2 aromatic carbocycles. The van der Waals surface area contributed by atoms with Crippen molar-refractivity contribution in [3.8, 4) is 5.75 Å². The summed E-state index contributed by atoms with van der Waals surface area (Å²) in [6, 6.07) is 13.0. The lowest BCUT2D eigenvalue weighted by Gasteiger charge is -2.12. The van der Waals surface area contributed by atoms with E-state index in [1.165, 1.54) is 18.2 Å². The summed E-state index contributed by atoms with van der Waals surface area (Å²) in [5, 5.41) is 5.35. The monoisotopic (exact) mass is 336 g/mol. The van der Waals surface area contributed by atoms with Gasteiger partial charge in [-0.1, -0.05) is 24.3 Å². The molecule has 2 rings (SSSR count). The van der Waals surface area contributed by atoms with Gasteiger partial charge < -0.3 is 10.1 Å². The van der Waals surface area contributed by atoms with Crippen LogP contribution >= 0.6 is 12.2 Å². The Hall–Kier alpha value is -2.54. The summed E-state index contributed by atoms with van der Waals surface area (Å²) in [6.07, 6.45) is 0. The molecule has 0 spiro atoms. The highest BCUT2D eigenvalue weighted by molar-refractivity contribution is 7.80. The minimum absolute atomic E-state index is 0.00182. The largest absolute Gasteiger partial charge is 0.435 e. The minimum atomic E-state index is -2.90. The van der Waals surface area contributed by atoms with Gasteiger partial charge >= 0.3 is 6.61 Å². The Labute approximate surface area is 137 Å². The summed E-state index contributed by atoms with van der Waals surface area (Å²) in [4.78, 5) is 12.1. The third-order valence-corrected chi connectivity index (χ3v) is 3.14. The van der Waals surface area contributed by atoms with Crippen molar-refractivity contribution in [2.75, 3.05) is 5.32 Å². The highest BCUT2D eigenvalue weighted by atomic mass is 32.1. The molecule has 0 saturated carbocycles. The Kier molecular flexibility index (Phi) is 5.59. The molecule has 7 heteroatoms. The van der Waals surface area contributed by atoms with Crippen LogP contribution < -0.4 is 15.4 Å². The zero-order valence-corrected chi connectivity index (χ0v) is 13.0. The second-order valence-corrected chi connectivity index (χ2v) is 5.04. The zero-order chi connectivity index (χ0) is 16.8. The lowest BCUT2D eigenvalue weighted by molar-refractivity contribution is -0.0498. The van der Waals surface area contributed by atoms with Crippen molar-refractivity contribution < 1.29 is 18.3 Å². The molecule has 1 amide bonds. The van der Waals surface area contributed by atoms with Crippen LogP contribution in [0.4, 0.5) is 14.5 Å². The van der Waals surface area contributed by atoms with Crippen molar-refractivity contribution in [2.24, 2.45) is 0 Å². The number of hydrogen-bond donors (Lipinski definition) is 2. The number of nitrogens with one attached hydrogen (secondary N) is 2. The molecule has 0 aliphatic heterocycles. The molecule has 0 radical (unpaired) electrons. The smallest absolute Gasteiger partial charge is 0.387 e. The van der Waals surface area contributed by atoms with E-state index in [9.17, 15) is 13.6 Å². The maximum atomic E-state index is 12.2. The first-order valence-electron chi connectivity index (χ1n) is 6.68. The number of carbonyl (C=O) groups excluding carboxylic acids is 1. The normalized spacial score (nSPS) is 10.3. The van der Waals surface area contributed by atoms with Gasteiger partial charge in [0.1, 0.15) is 5.75 Å². The third-order valence-electron chi connectivity index (χ3n) is 2.93. The van der Waals surface area contributed by atoms with Gasteiger partial charge in [-0.3, -0.25) is 10.1 Å². The predicted octanol–water partition coefficient (Wildman–Crippen LogP) is 3.72. The lowest BCUT2D eigenvalue weighted by atomic mass is 10.1. The van der Waals surface area contributed by atoms with Crippen LogP contribution in [0.25, 0.3) is 0 Å². The van der Waals surface area contributed by atoms with E-state index in [0.29, 0.717) is 11.3 Å². The summed E-state index contributed by atoms with van der Waals surface area (Å²) < 4.78 is 28.7. The highest BCUT2D eigenvalue weighted by Crippen LogP contribution is 2.19. The molecular formula is C16H14F2N2O2S. The maximum Gasteiger partial charge on any atom is 0.387 e. The topological polar surface area (TPSA) is 50.4 Å². The van der Waals surface area contributed by atoms with E-state index in [0.717, 1.165) is 5.56 Å². The fourth-order valence-corrected chi connectivity index (χ4v) is 2.12. The first kappa shape index (κ1) is 16.8. The van der Waals surface area contributed by atoms with Crippen LogP contribution in [-0.4, -0.2) is 17.6 Å². The number of anilines is 1. The number of aryl methyl sites for hydroxylation is 1. The van der Waals surface area contributed by atoms with Crippen molar-refractivity contribution in [1.29, 1.82) is 0 Å². The SMILES string of the molecule is Cc1ccccc1C(=O)NC(=S)Nc1cccc(OC(F)F)c1. The molecule has 2 N–H and O–H groups in total. The summed E-state index contributed by atoms with van der Waals surface area (Å²) >= 11 is 5.05. The predicted molar refractivity (Wildman–Crippen MR) is 87.9 cm³/mol. The fraction of sp³-hybridized carbons (Fsp3) is 0.125. The average molecular weight is 336 g/mol. The fourth-order valence-electron chi connectivity index (χ4n) is 1.91. The molecular weight excluding hydrogens is 322 g/mol. The van der Waals surface area contributed by atoms with Crippen molar-refractivity contribution in [3.05, 3.63) is 59.7 Å². The van der Waals surface area contributed by atoms with Crippen molar-refractivity contribution >= 4 is 28.9 Å². The van der Waals surface area contributed by atoms with Gasteiger partial charge in [0.15, 0.2) is 5.11 Å². The van der Waals surface area contributed by atoms with Crippen LogP contribution in [0.3, 0.4) is 0 Å². The molecule has 0 aliphatic rings. The van der Waals surface area contributed by atoms with Gasteiger partial charge in [-0.2, -0.15) is 8.78 Å². The molecule has 0 aromatic heterocycles. The van der Waals surface area contributed by atoms with Gasteiger partial charge in [-0.15, -0.1) is 0 Å². The first-order chi connectivity index (χ1) is 11.0. The van der Waals surface area contributed by atoms with Crippen molar-refractivity contribution in [1.82, 2.24) is 5.32 Å². The van der Waals surface area contributed by atoms with Crippen LogP contribution in [0.1, 0.15) is 15.9 Å². The number of thiocarbonyl (C=S) groups is 1. The number of rotatable bonds is 4. The number of carbonyl (C=O) groups is 1. The summed E-state index contributed by atoms with van der Waals surface area (Å²) in [7, 11) is 0. The Bertz CT molecular complexity index is 723. The number of benzene rings is 2. The molecule has 23 heavy (non-hydrogen) atoms. The molecule has 4 nitrogen and oxygen atoms in total. The van der Waals surface area contributed by atoms with E-state index in [4.69, 9.17) is 12.2 Å². The number of amides is 1. The van der Waals surface area contributed by atoms with Crippen LogP contribution in [0.5, 0.6) is 5.75 Å². The van der Waals surface area contributed by atoms with E-state index >= 15 is 0 Å². The number of ether oxygens (including phenoxy) is 1. The van der Waals surface area contributed by atoms with Crippen LogP contribution in [-0.2, 0) is 0 Å². The van der Waals surface area contributed by atoms with E-state index in [1.54, 1.807) is 18.2 Å². The Balaban J connectivity index is 2.00. The second-order valence-electron chi connectivity index (χ2n) is 4.63. The molecule has 2 aromatic rings. The van der Waals surface area contributed by atoms with Gasteiger partial charge in [0, 0.05) is 17.3 Å². The van der Waals surface area contributed by atoms with E-state index in [2.05, 4.69) is 15.4 Å². The molecule has 0 atom stereocenters. The van der Waals surface area contributed by atoms with E-state index in [-0.39, 0.29) is 16.8 Å². The van der Waals surface area contributed by atoms with Crippen molar-refractivity contribution in [2.45, 2.75) is 13.5 Å². The van der Waals surface area contributed by atoms with Gasteiger partial charge in [-0.25, -0.2) is 0 Å². The quantitative estimate of drug-likeness (QED) is 0.836. The lowest BCUT2D eigenvalue weighted by Crippen LogP contribution is -2.34. The standard InChI is InChI=1S/C16H14F2N2O2S/c1-10-5-2-3-8-13(10)14(21)20-16(23)19-11-6-4-7-12(9-11)22-15(17)18/h2-9,15H,1H3,(H2,19,20,21,23). The average Bonchev–Trinajstić information content (AvgIpc) is 2.47. The summed E-state index contributed by atoms with van der Waals surface area (Å²) in [5.41, 5.74) is 1.75. The maximum absolute atomic E-state index is 12.2. The van der Waals surface area contributed by atoms with Gasteiger partial charge in [-0.05, 0) is 42.9 Å². The molecule has 0 fully saturated rings. The second kappa shape index (κ2) is 7.64. The van der Waals surface area contributed by atoms with Crippen LogP contribution in [0.15, 0.2) is 48.5 Å². The zero-order valence-electron chi connectivity index (χ0n) is 12.2. The number of hydrogen-bond acceptors (Lipinski definition) is 3. The molecule has 0 aliphatic carbocycles. The number of alkyl halides is 2. The molecule has 120 valence electrons. The number of halogens is 2. The first-order valence-corrected chi connectivity index (χ1v) is 7.09. The van der Waals surface area contributed by atoms with Crippen molar-refractivity contribution in [3.63, 3.8) is 0 Å². The Morgan fingerprint density at radius 1 is 1.17 bits per heavy atom. The van der Waals surface area contributed by atoms with Crippen LogP contribution in [0, 0.1) is 6.92 Å².